The second-order valence-electron chi connectivity index (χ2n) is 7.20. The maximum atomic E-state index is 13.4. The van der Waals surface area contributed by atoms with Crippen LogP contribution in [0.1, 0.15) is 12.7 Å². The lowest BCUT2D eigenvalue weighted by molar-refractivity contribution is 0.618. The van der Waals surface area contributed by atoms with Gasteiger partial charge in [0.15, 0.2) is 5.82 Å². The number of fused-ring (bicyclic) bond motifs is 1. The highest BCUT2D eigenvalue weighted by Gasteiger charge is 2.18. The number of anilines is 1. The summed E-state index contributed by atoms with van der Waals surface area (Å²) in [5.41, 5.74) is 8.17. The molecule has 0 saturated carbocycles. The standard InChI is InChI=1S/C23H24N8O/c1-3-4-13-30-21-19(28-23(30)29(2)14-11-24)15-26-31(22(21)32)16-20-25-12-10-18(27-20)17-8-6-5-7-9-17/h5-10,12,15H,11,13-14,16,24H2,1-2H3. The van der Waals surface area contributed by atoms with Gasteiger partial charge in [0.25, 0.3) is 5.56 Å². The molecule has 162 valence electrons. The van der Waals surface area contributed by atoms with Crippen molar-refractivity contribution in [2.45, 2.75) is 20.0 Å². The Labute approximate surface area is 185 Å². The predicted molar refractivity (Wildman–Crippen MR) is 124 cm³/mol. The van der Waals surface area contributed by atoms with Gasteiger partial charge in [0, 0.05) is 31.9 Å². The molecule has 0 aliphatic heterocycles. The van der Waals surface area contributed by atoms with Crippen molar-refractivity contribution in [1.82, 2.24) is 29.3 Å². The van der Waals surface area contributed by atoms with Crippen LogP contribution >= 0.6 is 0 Å². The molecule has 0 radical (unpaired) electrons. The van der Waals surface area contributed by atoms with Crippen LogP contribution in [0.2, 0.25) is 0 Å². The topological polar surface area (TPSA) is 108 Å². The van der Waals surface area contributed by atoms with Crippen molar-refractivity contribution in [2.24, 2.45) is 5.73 Å². The van der Waals surface area contributed by atoms with Crippen molar-refractivity contribution in [3.8, 4) is 23.1 Å². The van der Waals surface area contributed by atoms with Crippen LogP contribution in [0.15, 0.2) is 53.6 Å². The second-order valence-corrected chi connectivity index (χ2v) is 7.20. The zero-order chi connectivity index (χ0) is 22.5. The summed E-state index contributed by atoms with van der Waals surface area (Å²) in [6.07, 6.45) is 3.28. The van der Waals surface area contributed by atoms with Crippen molar-refractivity contribution < 1.29 is 0 Å². The van der Waals surface area contributed by atoms with Gasteiger partial charge in [0.1, 0.15) is 17.6 Å². The van der Waals surface area contributed by atoms with E-state index in [4.69, 9.17) is 5.73 Å². The van der Waals surface area contributed by atoms with E-state index in [1.165, 1.54) is 4.68 Å². The number of nitrogens with zero attached hydrogens (tertiary/aromatic N) is 7. The third-order valence-corrected chi connectivity index (χ3v) is 5.02. The van der Waals surface area contributed by atoms with E-state index in [0.29, 0.717) is 42.4 Å². The van der Waals surface area contributed by atoms with E-state index in [-0.39, 0.29) is 12.1 Å². The average molecular weight is 429 g/mol. The van der Waals surface area contributed by atoms with Gasteiger partial charge in [-0.1, -0.05) is 36.3 Å². The Kier molecular flexibility index (Phi) is 6.24. The smallest absolute Gasteiger partial charge is 0.293 e. The Morgan fingerprint density at radius 2 is 1.97 bits per heavy atom. The largest absolute Gasteiger partial charge is 0.344 e. The van der Waals surface area contributed by atoms with E-state index in [1.54, 1.807) is 19.3 Å². The third kappa shape index (κ3) is 4.22. The number of benzene rings is 1. The SMILES string of the molecule is CC#CCn1c(N(C)CCN)nc2cnn(Cc3nccc(-c4ccccc4)n3)c(=O)c21. The van der Waals surface area contributed by atoms with Gasteiger partial charge in [0.2, 0.25) is 5.95 Å². The highest BCUT2D eigenvalue weighted by Crippen LogP contribution is 2.19. The molecule has 1 aromatic carbocycles. The second kappa shape index (κ2) is 9.41. The van der Waals surface area contributed by atoms with Gasteiger partial charge in [-0.2, -0.15) is 5.10 Å². The molecule has 9 heteroatoms. The van der Waals surface area contributed by atoms with Crippen LogP contribution in [0.25, 0.3) is 22.3 Å². The molecule has 32 heavy (non-hydrogen) atoms. The van der Waals surface area contributed by atoms with Crippen molar-refractivity contribution >= 4 is 17.0 Å². The zero-order valence-electron chi connectivity index (χ0n) is 18.1. The first kappa shape index (κ1) is 21.2. The molecule has 0 aliphatic rings. The molecule has 0 atom stereocenters. The van der Waals surface area contributed by atoms with Gasteiger partial charge in [-0.3, -0.25) is 9.36 Å². The van der Waals surface area contributed by atoms with Crippen LogP contribution in [0.4, 0.5) is 5.95 Å². The van der Waals surface area contributed by atoms with Crippen LogP contribution in [0.3, 0.4) is 0 Å². The molecule has 3 aromatic heterocycles. The molecule has 0 unspecified atom stereocenters. The van der Waals surface area contributed by atoms with Gasteiger partial charge >= 0.3 is 0 Å². The predicted octanol–water partition coefficient (Wildman–Crippen LogP) is 1.52. The van der Waals surface area contributed by atoms with Crippen molar-refractivity contribution in [3.05, 3.63) is 65.0 Å². The molecule has 0 amide bonds. The van der Waals surface area contributed by atoms with Crippen LogP contribution in [0.5, 0.6) is 0 Å². The summed E-state index contributed by atoms with van der Waals surface area (Å²) in [5.74, 6) is 7.03. The van der Waals surface area contributed by atoms with Crippen LogP contribution in [-0.2, 0) is 13.1 Å². The first-order chi connectivity index (χ1) is 15.6. The molecule has 0 saturated heterocycles. The average Bonchev–Trinajstić information content (AvgIpc) is 3.20. The van der Waals surface area contributed by atoms with Crippen molar-refractivity contribution in [2.75, 3.05) is 25.0 Å². The summed E-state index contributed by atoms with van der Waals surface area (Å²) >= 11 is 0. The number of hydrogen-bond acceptors (Lipinski definition) is 7. The lowest BCUT2D eigenvalue weighted by Crippen LogP contribution is -2.29. The van der Waals surface area contributed by atoms with Crippen molar-refractivity contribution in [1.29, 1.82) is 0 Å². The van der Waals surface area contributed by atoms with Gasteiger partial charge in [-0.25, -0.2) is 19.6 Å². The molecule has 4 rings (SSSR count). The molecule has 0 spiro atoms. The van der Waals surface area contributed by atoms with Crippen LogP contribution in [0, 0.1) is 11.8 Å². The number of imidazole rings is 1. The zero-order valence-corrected chi connectivity index (χ0v) is 18.1. The van der Waals surface area contributed by atoms with Gasteiger partial charge in [-0.05, 0) is 13.0 Å². The minimum Gasteiger partial charge on any atom is -0.344 e. The third-order valence-electron chi connectivity index (χ3n) is 5.02. The number of nitrogens with two attached hydrogens (primary N) is 1. The van der Waals surface area contributed by atoms with Crippen molar-refractivity contribution in [3.63, 3.8) is 0 Å². The summed E-state index contributed by atoms with van der Waals surface area (Å²) in [7, 11) is 1.89. The molecular formula is C23H24N8O. The molecule has 0 bridgehead atoms. The van der Waals surface area contributed by atoms with Gasteiger partial charge in [0.05, 0.1) is 18.4 Å². The molecule has 0 fully saturated rings. The van der Waals surface area contributed by atoms with E-state index in [9.17, 15) is 4.79 Å². The van der Waals surface area contributed by atoms with E-state index in [1.807, 2.05) is 52.9 Å². The van der Waals surface area contributed by atoms with Gasteiger partial charge in [-0.15, -0.1) is 5.92 Å². The monoisotopic (exact) mass is 428 g/mol. The summed E-state index contributed by atoms with van der Waals surface area (Å²) in [4.78, 5) is 28.8. The maximum absolute atomic E-state index is 13.4. The lowest BCUT2D eigenvalue weighted by atomic mass is 10.1. The lowest BCUT2D eigenvalue weighted by Gasteiger charge is -2.17. The van der Waals surface area contributed by atoms with E-state index in [0.717, 1.165) is 11.3 Å². The highest BCUT2D eigenvalue weighted by molar-refractivity contribution is 5.77. The van der Waals surface area contributed by atoms with Crippen LogP contribution < -0.4 is 16.2 Å². The fourth-order valence-corrected chi connectivity index (χ4v) is 3.46. The molecule has 4 aromatic rings. The first-order valence-electron chi connectivity index (χ1n) is 10.3. The van der Waals surface area contributed by atoms with E-state index >= 15 is 0 Å². The number of aromatic nitrogens is 6. The maximum Gasteiger partial charge on any atom is 0.293 e. The summed E-state index contributed by atoms with van der Waals surface area (Å²) in [6, 6.07) is 11.7. The highest BCUT2D eigenvalue weighted by atomic mass is 16.1. The van der Waals surface area contributed by atoms with Gasteiger partial charge < -0.3 is 10.6 Å². The molecule has 0 aliphatic carbocycles. The Morgan fingerprint density at radius 3 is 2.72 bits per heavy atom. The van der Waals surface area contributed by atoms with E-state index < -0.39 is 0 Å². The summed E-state index contributed by atoms with van der Waals surface area (Å²) in [5, 5.41) is 4.31. The molecule has 3 heterocycles. The van der Waals surface area contributed by atoms with Crippen LogP contribution in [-0.4, -0.2) is 49.4 Å². The molecule has 9 nitrogen and oxygen atoms in total. The Hall–Kier alpha value is -4.03. The quantitative estimate of drug-likeness (QED) is 0.445. The Balaban J connectivity index is 1.75. The number of rotatable bonds is 7. The number of likely N-dealkylation sites (N-methyl/N-ethyl adjacent to an activating group) is 1. The minimum absolute atomic E-state index is 0.147. The Morgan fingerprint density at radius 1 is 1.16 bits per heavy atom. The number of hydrogen-bond donors (Lipinski definition) is 1. The minimum atomic E-state index is -0.269. The molecule has 2 N–H and O–H groups in total. The van der Waals surface area contributed by atoms with E-state index in [2.05, 4.69) is 31.9 Å². The summed E-state index contributed by atoms with van der Waals surface area (Å²) in [6.45, 7) is 3.32. The molecular weight excluding hydrogens is 404 g/mol. The fourth-order valence-electron chi connectivity index (χ4n) is 3.46. The summed E-state index contributed by atoms with van der Waals surface area (Å²) < 4.78 is 3.17. The first-order valence-corrected chi connectivity index (χ1v) is 10.3. The Bertz CT molecular complexity index is 1350. The fraction of sp³-hybridized carbons (Fsp3) is 0.261. The normalized spacial score (nSPS) is 10.7.